The Kier molecular flexibility index (Phi) is 10.2. The van der Waals surface area contributed by atoms with E-state index in [9.17, 15) is 22.8 Å². The molecule has 1 amide bonds. The lowest BCUT2D eigenvalue weighted by atomic mass is 9.97. The summed E-state index contributed by atoms with van der Waals surface area (Å²) in [4.78, 5) is 27.9. The van der Waals surface area contributed by atoms with Gasteiger partial charge in [0.2, 0.25) is 5.13 Å². The summed E-state index contributed by atoms with van der Waals surface area (Å²) in [5.41, 5.74) is -0.812. The average Bonchev–Trinajstić information content (AvgIpc) is 3.43. The normalized spacial score (nSPS) is 14.7. The Bertz CT molecular complexity index is 1360. The minimum atomic E-state index is -4.69. The molecule has 0 spiro atoms. The van der Waals surface area contributed by atoms with Crippen LogP contribution in [0.2, 0.25) is 5.02 Å². The highest BCUT2D eigenvalue weighted by atomic mass is 35.5. The molecule has 41 heavy (non-hydrogen) atoms. The van der Waals surface area contributed by atoms with E-state index in [1.165, 1.54) is 17.0 Å². The molecule has 4 rings (SSSR count). The van der Waals surface area contributed by atoms with Crippen molar-refractivity contribution >= 4 is 39.9 Å². The number of carbonyl (C=O) groups is 2. The summed E-state index contributed by atoms with van der Waals surface area (Å²) < 4.78 is 48.0. The highest BCUT2D eigenvalue weighted by Gasteiger charge is 2.36. The lowest BCUT2D eigenvalue weighted by molar-refractivity contribution is -0.143. The zero-order valence-corrected chi connectivity index (χ0v) is 23.9. The van der Waals surface area contributed by atoms with E-state index in [4.69, 9.17) is 21.4 Å². The number of hydrogen-bond donors (Lipinski definition) is 1. The van der Waals surface area contributed by atoms with Gasteiger partial charge in [-0.2, -0.15) is 13.2 Å². The van der Waals surface area contributed by atoms with Gasteiger partial charge in [-0.3, -0.25) is 19.4 Å². The van der Waals surface area contributed by atoms with Crippen LogP contribution < -0.4 is 9.64 Å². The van der Waals surface area contributed by atoms with Gasteiger partial charge in [0.05, 0.1) is 22.1 Å². The van der Waals surface area contributed by atoms with Crippen molar-refractivity contribution in [1.29, 1.82) is 0 Å². The number of rotatable bonds is 11. The van der Waals surface area contributed by atoms with Gasteiger partial charge in [0.15, 0.2) is 0 Å². The Hall–Kier alpha value is -3.22. The van der Waals surface area contributed by atoms with E-state index in [1.807, 2.05) is 11.8 Å². The van der Waals surface area contributed by atoms with Crippen LogP contribution >= 0.6 is 22.9 Å². The van der Waals surface area contributed by atoms with Gasteiger partial charge in [-0.25, -0.2) is 0 Å². The van der Waals surface area contributed by atoms with E-state index in [-0.39, 0.29) is 44.6 Å². The molecule has 1 aliphatic heterocycles. The SMILES string of the molecule is CCCCN(C(=O)c1ccccc1Cl)c1nnc(-c2ccc(OCCN3CCC(C(=O)O)CC3)cc2C(F)(F)F)s1. The van der Waals surface area contributed by atoms with E-state index in [0.29, 0.717) is 45.4 Å². The molecule has 0 unspecified atom stereocenters. The number of halogens is 4. The molecule has 1 fully saturated rings. The Balaban J connectivity index is 1.51. The zero-order valence-electron chi connectivity index (χ0n) is 22.4. The Morgan fingerprint density at radius 2 is 1.90 bits per heavy atom. The number of anilines is 1. The lowest BCUT2D eigenvalue weighted by Gasteiger charge is -2.29. The first-order valence-electron chi connectivity index (χ1n) is 13.3. The van der Waals surface area contributed by atoms with Crippen LogP contribution in [0.15, 0.2) is 42.5 Å². The van der Waals surface area contributed by atoms with Gasteiger partial charge < -0.3 is 9.84 Å². The van der Waals surface area contributed by atoms with Crippen molar-refractivity contribution in [2.75, 3.05) is 37.7 Å². The third-order valence-electron chi connectivity index (χ3n) is 6.87. The fourth-order valence-electron chi connectivity index (χ4n) is 4.54. The van der Waals surface area contributed by atoms with Gasteiger partial charge in [0.25, 0.3) is 5.91 Å². The van der Waals surface area contributed by atoms with Crippen LogP contribution in [-0.4, -0.2) is 64.9 Å². The van der Waals surface area contributed by atoms with Crippen molar-refractivity contribution in [2.45, 2.75) is 38.8 Å². The fraction of sp³-hybridized carbons (Fsp3) is 0.429. The van der Waals surface area contributed by atoms with Crippen molar-refractivity contribution in [3.05, 3.63) is 58.6 Å². The average molecular weight is 611 g/mol. The summed E-state index contributed by atoms with van der Waals surface area (Å²) in [6, 6.07) is 10.3. The third-order valence-corrected chi connectivity index (χ3v) is 8.18. The number of likely N-dealkylation sites (tertiary alicyclic amines) is 1. The topological polar surface area (TPSA) is 95.9 Å². The van der Waals surface area contributed by atoms with E-state index >= 15 is 0 Å². The number of hydrogen-bond acceptors (Lipinski definition) is 7. The first kappa shape index (κ1) is 30.7. The fourth-order valence-corrected chi connectivity index (χ4v) is 5.67. The Morgan fingerprint density at radius 3 is 2.56 bits per heavy atom. The maximum Gasteiger partial charge on any atom is 0.417 e. The smallest absolute Gasteiger partial charge is 0.417 e. The molecule has 1 saturated heterocycles. The van der Waals surface area contributed by atoms with Gasteiger partial charge in [0, 0.05) is 18.7 Å². The highest BCUT2D eigenvalue weighted by Crippen LogP contribution is 2.41. The minimum absolute atomic E-state index is 0.0219. The maximum atomic E-state index is 14.1. The van der Waals surface area contributed by atoms with Gasteiger partial charge in [-0.05, 0) is 62.7 Å². The predicted octanol–water partition coefficient (Wildman–Crippen LogP) is 6.50. The maximum absolute atomic E-state index is 14.1. The third kappa shape index (κ3) is 7.75. The first-order chi connectivity index (χ1) is 19.6. The van der Waals surface area contributed by atoms with Gasteiger partial charge >= 0.3 is 12.1 Å². The van der Waals surface area contributed by atoms with Crippen LogP contribution in [0, 0.1) is 5.92 Å². The second kappa shape index (κ2) is 13.6. The number of carbonyl (C=O) groups excluding carboxylic acids is 1. The molecule has 2 heterocycles. The Morgan fingerprint density at radius 1 is 1.17 bits per heavy atom. The number of alkyl halides is 3. The van der Waals surface area contributed by atoms with Crippen LogP contribution in [0.5, 0.6) is 5.75 Å². The van der Waals surface area contributed by atoms with Crippen LogP contribution in [-0.2, 0) is 11.0 Å². The van der Waals surface area contributed by atoms with Crippen LogP contribution in [0.3, 0.4) is 0 Å². The number of aliphatic carboxylic acids is 1. The van der Waals surface area contributed by atoms with Crippen molar-refractivity contribution < 1.29 is 32.6 Å². The predicted molar refractivity (Wildman–Crippen MR) is 151 cm³/mol. The monoisotopic (exact) mass is 610 g/mol. The number of carboxylic acid groups (broad SMARTS) is 1. The molecule has 220 valence electrons. The van der Waals surface area contributed by atoms with E-state index in [0.717, 1.165) is 23.8 Å². The molecule has 1 aromatic heterocycles. The van der Waals surface area contributed by atoms with E-state index in [2.05, 4.69) is 10.2 Å². The number of ether oxygens (including phenoxy) is 1. The van der Waals surface area contributed by atoms with Crippen LogP contribution in [0.1, 0.15) is 48.5 Å². The number of carboxylic acids is 1. The first-order valence-corrected chi connectivity index (χ1v) is 14.5. The second-order valence-electron chi connectivity index (χ2n) is 9.69. The van der Waals surface area contributed by atoms with Crippen molar-refractivity contribution in [3.8, 4) is 16.3 Å². The molecule has 1 aliphatic rings. The number of nitrogens with zero attached hydrogens (tertiary/aromatic N) is 4. The number of benzene rings is 2. The largest absolute Gasteiger partial charge is 0.492 e. The quantitative estimate of drug-likeness (QED) is 0.265. The molecule has 13 heteroatoms. The summed E-state index contributed by atoms with van der Waals surface area (Å²) >= 11 is 7.13. The van der Waals surface area contributed by atoms with Gasteiger partial charge in [0.1, 0.15) is 17.4 Å². The number of aromatic nitrogens is 2. The molecule has 0 atom stereocenters. The van der Waals surface area contributed by atoms with Crippen LogP contribution in [0.4, 0.5) is 18.3 Å². The highest BCUT2D eigenvalue weighted by molar-refractivity contribution is 7.18. The van der Waals surface area contributed by atoms with E-state index in [1.54, 1.807) is 24.3 Å². The summed E-state index contributed by atoms with van der Waals surface area (Å²) in [7, 11) is 0. The molecule has 3 aromatic rings. The van der Waals surface area contributed by atoms with Crippen LogP contribution in [0.25, 0.3) is 10.6 Å². The molecule has 0 bridgehead atoms. The molecular formula is C28H30ClF3N4O4S. The number of piperidine rings is 1. The Labute approximate surface area is 244 Å². The summed E-state index contributed by atoms with van der Waals surface area (Å²) in [5.74, 6) is -1.50. The zero-order chi connectivity index (χ0) is 29.6. The molecule has 0 aliphatic carbocycles. The van der Waals surface area contributed by atoms with Crippen molar-refractivity contribution in [2.24, 2.45) is 5.92 Å². The molecule has 0 saturated carbocycles. The van der Waals surface area contributed by atoms with Crippen molar-refractivity contribution in [3.63, 3.8) is 0 Å². The lowest BCUT2D eigenvalue weighted by Crippen LogP contribution is -2.38. The number of amides is 1. The molecule has 0 radical (unpaired) electrons. The van der Waals surface area contributed by atoms with Crippen molar-refractivity contribution in [1.82, 2.24) is 15.1 Å². The summed E-state index contributed by atoms with van der Waals surface area (Å²) in [6.45, 7) is 4.10. The molecular weight excluding hydrogens is 581 g/mol. The molecule has 2 aromatic carbocycles. The van der Waals surface area contributed by atoms with Gasteiger partial charge in [-0.15, -0.1) is 10.2 Å². The van der Waals surface area contributed by atoms with E-state index < -0.39 is 23.6 Å². The summed E-state index contributed by atoms with van der Waals surface area (Å²) in [6.07, 6.45) is -2.17. The second-order valence-corrected chi connectivity index (χ2v) is 11.1. The standard InChI is InChI=1S/C28H30ClF3N4O4S/c1-2-3-12-36(25(37)21-6-4-5-7-23(21)29)27-34-33-24(41-27)20-9-8-19(17-22(20)28(30,31)32)40-16-15-35-13-10-18(11-14-35)26(38)39/h4-9,17-18H,2-3,10-16H2,1H3,(H,38,39). The number of unbranched alkanes of at least 4 members (excludes halogenated alkanes) is 1. The summed E-state index contributed by atoms with van der Waals surface area (Å²) in [5, 5.41) is 17.7. The van der Waals surface area contributed by atoms with Gasteiger partial charge in [-0.1, -0.05) is 48.4 Å². The molecule has 8 nitrogen and oxygen atoms in total. The molecule has 1 N–H and O–H groups in total. The minimum Gasteiger partial charge on any atom is -0.492 e.